The second-order valence-electron chi connectivity index (χ2n) is 7.10. The molecule has 2 aromatic carbocycles. The van der Waals surface area contributed by atoms with Crippen LogP contribution in [0, 0.1) is 0 Å². The summed E-state index contributed by atoms with van der Waals surface area (Å²) < 4.78 is 14.2. The van der Waals surface area contributed by atoms with Crippen LogP contribution in [-0.2, 0) is 4.79 Å². The van der Waals surface area contributed by atoms with Crippen LogP contribution < -0.4 is 14.8 Å². The number of nitrogens with one attached hydrogen (secondary N) is 1. The molecule has 0 aliphatic rings. The van der Waals surface area contributed by atoms with Crippen LogP contribution >= 0.6 is 11.8 Å². The van der Waals surface area contributed by atoms with E-state index in [4.69, 9.17) is 9.47 Å². The third kappa shape index (κ3) is 4.08. The molecule has 0 unspecified atom stereocenters. The number of benzene rings is 2. The molecule has 5 aromatic rings. The SMILES string of the molecule is COc1ccc(OC)c(NC(=O)CSc2nnc3c4cc(-c5ccccc5)nn4ccn23)c1. The molecule has 0 saturated carbocycles. The Hall–Kier alpha value is -4.05. The molecule has 0 bridgehead atoms. The lowest BCUT2D eigenvalue weighted by Crippen LogP contribution is -2.15. The van der Waals surface area contributed by atoms with E-state index in [9.17, 15) is 4.79 Å². The highest BCUT2D eigenvalue weighted by atomic mass is 32.2. The first-order chi connectivity index (χ1) is 16.2. The van der Waals surface area contributed by atoms with Crippen molar-refractivity contribution in [2.24, 2.45) is 0 Å². The summed E-state index contributed by atoms with van der Waals surface area (Å²) in [6, 6.07) is 17.2. The molecule has 1 N–H and O–H groups in total. The molecule has 9 nitrogen and oxygen atoms in total. The van der Waals surface area contributed by atoms with Gasteiger partial charge in [0.05, 0.1) is 31.4 Å². The molecule has 10 heteroatoms. The normalized spacial score (nSPS) is 11.1. The maximum atomic E-state index is 12.6. The molecule has 0 spiro atoms. The molecule has 0 radical (unpaired) electrons. The molecule has 33 heavy (non-hydrogen) atoms. The number of nitrogens with zero attached hydrogens (tertiary/aromatic N) is 5. The van der Waals surface area contributed by atoms with Gasteiger partial charge in [-0.2, -0.15) is 5.10 Å². The summed E-state index contributed by atoms with van der Waals surface area (Å²) in [7, 11) is 3.12. The summed E-state index contributed by atoms with van der Waals surface area (Å²) in [5.41, 5.74) is 3.93. The molecule has 1 amide bonds. The average Bonchev–Trinajstić information content (AvgIpc) is 3.47. The van der Waals surface area contributed by atoms with Gasteiger partial charge in [-0.3, -0.25) is 9.20 Å². The van der Waals surface area contributed by atoms with Crippen LogP contribution in [0.5, 0.6) is 11.5 Å². The maximum Gasteiger partial charge on any atom is 0.234 e. The Kier molecular flexibility index (Phi) is 5.57. The van der Waals surface area contributed by atoms with E-state index < -0.39 is 0 Å². The van der Waals surface area contributed by atoms with Crippen molar-refractivity contribution in [3.63, 3.8) is 0 Å². The highest BCUT2D eigenvalue weighted by Gasteiger charge is 2.15. The summed E-state index contributed by atoms with van der Waals surface area (Å²) in [5, 5.41) is 16.7. The average molecular weight is 461 g/mol. The largest absolute Gasteiger partial charge is 0.497 e. The molecule has 5 rings (SSSR count). The van der Waals surface area contributed by atoms with Gasteiger partial charge in [0, 0.05) is 24.0 Å². The van der Waals surface area contributed by atoms with Crippen LogP contribution in [0.4, 0.5) is 5.69 Å². The molecular weight excluding hydrogens is 440 g/mol. The van der Waals surface area contributed by atoms with Crippen LogP contribution in [0.2, 0.25) is 0 Å². The minimum atomic E-state index is -0.194. The fourth-order valence-electron chi connectivity index (χ4n) is 3.47. The number of amides is 1. The van der Waals surface area contributed by atoms with Crippen LogP contribution in [0.1, 0.15) is 0 Å². The fourth-order valence-corrected chi connectivity index (χ4v) is 4.18. The molecule has 0 atom stereocenters. The zero-order chi connectivity index (χ0) is 22.8. The van der Waals surface area contributed by atoms with Crippen LogP contribution in [-0.4, -0.2) is 50.1 Å². The molecule has 166 valence electrons. The number of rotatable bonds is 7. The fraction of sp³-hybridized carbons (Fsp3) is 0.130. The molecule has 3 aromatic heterocycles. The van der Waals surface area contributed by atoms with Gasteiger partial charge in [0.1, 0.15) is 17.0 Å². The van der Waals surface area contributed by atoms with E-state index in [-0.39, 0.29) is 11.7 Å². The van der Waals surface area contributed by atoms with Crippen molar-refractivity contribution in [3.8, 4) is 22.8 Å². The number of ether oxygens (including phenoxy) is 2. The van der Waals surface area contributed by atoms with Gasteiger partial charge in [-0.1, -0.05) is 42.1 Å². The van der Waals surface area contributed by atoms with Crippen LogP contribution in [0.25, 0.3) is 22.4 Å². The van der Waals surface area contributed by atoms with Crippen molar-refractivity contribution < 1.29 is 14.3 Å². The maximum absolute atomic E-state index is 12.6. The third-order valence-electron chi connectivity index (χ3n) is 5.07. The van der Waals surface area contributed by atoms with Gasteiger partial charge in [0.2, 0.25) is 5.91 Å². The highest BCUT2D eigenvalue weighted by Crippen LogP contribution is 2.29. The number of aromatic nitrogens is 5. The number of hydrogen-bond acceptors (Lipinski definition) is 7. The van der Waals surface area contributed by atoms with Gasteiger partial charge in [-0.15, -0.1) is 10.2 Å². The van der Waals surface area contributed by atoms with Crippen molar-refractivity contribution in [3.05, 3.63) is 67.0 Å². The molecule has 3 heterocycles. The van der Waals surface area contributed by atoms with E-state index in [0.29, 0.717) is 28.0 Å². The van der Waals surface area contributed by atoms with Crippen molar-refractivity contribution in [1.82, 2.24) is 24.2 Å². The van der Waals surface area contributed by atoms with E-state index in [0.717, 1.165) is 16.8 Å². The number of carbonyl (C=O) groups excluding carboxylic acids is 1. The van der Waals surface area contributed by atoms with Crippen molar-refractivity contribution in [2.75, 3.05) is 25.3 Å². The first kappa shape index (κ1) is 20.8. The zero-order valence-electron chi connectivity index (χ0n) is 17.9. The first-order valence-electron chi connectivity index (χ1n) is 10.1. The minimum absolute atomic E-state index is 0.154. The summed E-state index contributed by atoms with van der Waals surface area (Å²) in [5.74, 6) is 1.14. The quantitative estimate of drug-likeness (QED) is 0.369. The van der Waals surface area contributed by atoms with Gasteiger partial charge in [-0.05, 0) is 18.2 Å². The van der Waals surface area contributed by atoms with Gasteiger partial charge < -0.3 is 14.8 Å². The topological polar surface area (TPSA) is 95.0 Å². The van der Waals surface area contributed by atoms with Gasteiger partial charge in [0.25, 0.3) is 0 Å². The predicted molar refractivity (Wildman–Crippen MR) is 126 cm³/mol. The predicted octanol–water partition coefficient (Wildman–Crippen LogP) is 3.79. The summed E-state index contributed by atoms with van der Waals surface area (Å²) >= 11 is 1.29. The number of thioether (sulfide) groups is 1. The number of methoxy groups -OCH3 is 2. The highest BCUT2D eigenvalue weighted by molar-refractivity contribution is 7.99. The van der Waals surface area contributed by atoms with Crippen molar-refractivity contribution in [2.45, 2.75) is 5.16 Å². The second kappa shape index (κ2) is 8.83. The van der Waals surface area contributed by atoms with E-state index in [2.05, 4.69) is 20.6 Å². The van der Waals surface area contributed by atoms with Crippen molar-refractivity contribution >= 4 is 34.5 Å². The standard InChI is InChI=1S/C23H20N6O3S/c1-31-16-8-9-20(32-2)18(12-16)24-21(30)14-33-23-26-25-22-19-13-17(15-6-4-3-5-7-15)27-29(19)11-10-28(22)23/h3-13H,14H2,1-2H3,(H,24,30). The third-order valence-corrected chi connectivity index (χ3v) is 6.01. The Morgan fingerprint density at radius 3 is 2.67 bits per heavy atom. The molecular formula is C23H20N6O3S. The Morgan fingerprint density at radius 2 is 1.88 bits per heavy atom. The monoisotopic (exact) mass is 460 g/mol. The Bertz CT molecular complexity index is 1450. The Labute approximate surface area is 193 Å². The Balaban J connectivity index is 1.35. The number of carbonyl (C=O) groups is 1. The Morgan fingerprint density at radius 1 is 1.03 bits per heavy atom. The van der Waals surface area contributed by atoms with Gasteiger partial charge >= 0.3 is 0 Å². The number of hydrogen-bond donors (Lipinski definition) is 1. The molecule has 0 saturated heterocycles. The number of fused-ring (bicyclic) bond motifs is 3. The zero-order valence-corrected chi connectivity index (χ0v) is 18.7. The van der Waals surface area contributed by atoms with E-state index >= 15 is 0 Å². The van der Waals surface area contributed by atoms with E-state index in [1.54, 1.807) is 36.9 Å². The smallest absolute Gasteiger partial charge is 0.234 e. The lowest BCUT2D eigenvalue weighted by molar-refractivity contribution is -0.113. The lowest BCUT2D eigenvalue weighted by Gasteiger charge is -2.11. The molecule has 0 aliphatic carbocycles. The summed E-state index contributed by atoms with van der Waals surface area (Å²) in [6.07, 6.45) is 3.69. The van der Waals surface area contributed by atoms with Gasteiger partial charge in [0.15, 0.2) is 10.8 Å². The number of anilines is 1. The van der Waals surface area contributed by atoms with Crippen LogP contribution in [0.3, 0.4) is 0 Å². The van der Waals surface area contributed by atoms with E-state index in [1.165, 1.54) is 11.8 Å². The van der Waals surface area contributed by atoms with Gasteiger partial charge in [-0.25, -0.2) is 4.52 Å². The van der Waals surface area contributed by atoms with Crippen LogP contribution in [0.15, 0.2) is 72.1 Å². The second-order valence-corrected chi connectivity index (χ2v) is 8.05. The lowest BCUT2D eigenvalue weighted by atomic mass is 10.1. The molecule has 0 fully saturated rings. The first-order valence-corrected chi connectivity index (χ1v) is 11.1. The van der Waals surface area contributed by atoms with E-state index in [1.807, 2.05) is 53.2 Å². The summed E-state index contributed by atoms with van der Waals surface area (Å²) in [4.78, 5) is 12.6. The van der Waals surface area contributed by atoms with Crippen molar-refractivity contribution in [1.29, 1.82) is 0 Å². The molecule has 0 aliphatic heterocycles. The summed E-state index contributed by atoms with van der Waals surface area (Å²) in [6.45, 7) is 0. The minimum Gasteiger partial charge on any atom is -0.497 e.